The van der Waals surface area contributed by atoms with Crippen LogP contribution in [0, 0.1) is 0 Å². The van der Waals surface area contributed by atoms with Gasteiger partial charge in [0, 0.05) is 18.8 Å². The van der Waals surface area contributed by atoms with Crippen molar-refractivity contribution in [1.29, 1.82) is 0 Å². The Balaban J connectivity index is 2.40. The minimum absolute atomic E-state index is 0.133. The Morgan fingerprint density at radius 3 is 2.68 bits per heavy atom. The van der Waals surface area contributed by atoms with Crippen LogP contribution in [0.3, 0.4) is 0 Å². The number of hydrogen-bond acceptors (Lipinski definition) is 2. The van der Waals surface area contributed by atoms with E-state index in [-0.39, 0.29) is 17.0 Å². The number of halogens is 1. The third kappa shape index (κ3) is 2.55. The van der Waals surface area contributed by atoms with Crippen LogP contribution in [0.2, 0.25) is 0 Å². The minimum atomic E-state index is -0.772. The van der Waals surface area contributed by atoms with Gasteiger partial charge in [-0.15, -0.1) is 0 Å². The highest BCUT2D eigenvalue weighted by Gasteiger charge is 2.33. The molecule has 104 valence electrons. The van der Waals surface area contributed by atoms with E-state index in [2.05, 4.69) is 5.32 Å². The van der Waals surface area contributed by atoms with Gasteiger partial charge in [-0.05, 0) is 44.7 Å². The molecule has 1 heterocycles. The van der Waals surface area contributed by atoms with Crippen LogP contribution in [0.1, 0.15) is 43.0 Å². The second-order valence-electron chi connectivity index (χ2n) is 5.35. The van der Waals surface area contributed by atoms with Crippen LogP contribution in [0.15, 0.2) is 23.1 Å². The molecule has 5 heteroatoms. The summed E-state index contributed by atoms with van der Waals surface area (Å²) in [5.41, 5.74) is -0.570. The normalized spacial score (nSPS) is 27.0. The standard InChI is InChI=1S/C14H19FN2O2/c1-14(7-5-10(15)6-8-14)17-9-3-4-11(13(17)19)12(18)16-2/h3-4,9-10H,5-8H2,1-2H3,(H,16,18). The number of nitrogens with zero attached hydrogens (tertiary/aromatic N) is 1. The van der Waals surface area contributed by atoms with Gasteiger partial charge in [0.2, 0.25) is 0 Å². The third-order valence-electron chi connectivity index (χ3n) is 3.99. The SMILES string of the molecule is CNC(=O)c1cccn(C2(C)CCC(F)CC2)c1=O. The number of aromatic nitrogens is 1. The van der Waals surface area contributed by atoms with Crippen molar-refractivity contribution in [1.82, 2.24) is 9.88 Å². The Morgan fingerprint density at radius 1 is 1.47 bits per heavy atom. The molecule has 0 radical (unpaired) electrons. The van der Waals surface area contributed by atoms with Gasteiger partial charge >= 0.3 is 0 Å². The molecule has 2 rings (SSSR count). The molecular weight excluding hydrogens is 247 g/mol. The first-order chi connectivity index (χ1) is 8.98. The Labute approximate surface area is 111 Å². The highest BCUT2D eigenvalue weighted by atomic mass is 19.1. The number of amides is 1. The number of hydrogen-bond donors (Lipinski definition) is 1. The summed E-state index contributed by atoms with van der Waals surface area (Å²) in [6.07, 6.45) is 3.08. The van der Waals surface area contributed by atoms with Crippen LogP contribution in [0.25, 0.3) is 0 Å². The van der Waals surface area contributed by atoms with E-state index in [1.807, 2.05) is 6.92 Å². The van der Waals surface area contributed by atoms with Gasteiger partial charge in [-0.2, -0.15) is 0 Å². The van der Waals surface area contributed by atoms with Crippen molar-refractivity contribution >= 4 is 5.91 Å². The molecule has 1 saturated carbocycles. The smallest absolute Gasteiger partial charge is 0.263 e. The molecule has 1 aliphatic carbocycles. The van der Waals surface area contributed by atoms with Gasteiger partial charge in [-0.25, -0.2) is 4.39 Å². The summed E-state index contributed by atoms with van der Waals surface area (Å²) in [4.78, 5) is 24.0. The second kappa shape index (κ2) is 5.15. The summed E-state index contributed by atoms with van der Waals surface area (Å²) in [6, 6.07) is 3.21. The van der Waals surface area contributed by atoms with Gasteiger partial charge in [0.25, 0.3) is 11.5 Å². The van der Waals surface area contributed by atoms with E-state index >= 15 is 0 Å². The van der Waals surface area contributed by atoms with E-state index in [9.17, 15) is 14.0 Å². The average Bonchev–Trinajstić information content (AvgIpc) is 2.41. The molecule has 0 atom stereocenters. The molecule has 0 bridgehead atoms. The maximum Gasteiger partial charge on any atom is 0.263 e. The summed E-state index contributed by atoms with van der Waals surface area (Å²) in [5.74, 6) is -0.387. The number of carbonyl (C=O) groups is 1. The highest BCUT2D eigenvalue weighted by Crippen LogP contribution is 2.34. The molecule has 0 aromatic carbocycles. The van der Waals surface area contributed by atoms with Crippen LogP contribution in [-0.2, 0) is 5.54 Å². The number of carbonyl (C=O) groups excluding carboxylic acids is 1. The molecule has 1 aliphatic rings. The monoisotopic (exact) mass is 266 g/mol. The zero-order chi connectivity index (χ0) is 14.0. The first kappa shape index (κ1) is 13.8. The number of pyridine rings is 1. The van der Waals surface area contributed by atoms with E-state index in [1.54, 1.807) is 16.8 Å². The van der Waals surface area contributed by atoms with Crippen molar-refractivity contribution < 1.29 is 9.18 Å². The maximum atomic E-state index is 13.3. The average molecular weight is 266 g/mol. The van der Waals surface area contributed by atoms with Crippen LogP contribution in [-0.4, -0.2) is 23.7 Å². The third-order valence-corrected chi connectivity index (χ3v) is 3.99. The summed E-state index contributed by atoms with van der Waals surface area (Å²) in [6.45, 7) is 1.95. The molecule has 19 heavy (non-hydrogen) atoms. The van der Waals surface area contributed by atoms with Crippen molar-refractivity contribution in [3.63, 3.8) is 0 Å². The highest BCUT2D eigenvalue weighted by molar-refractivity contribution is 5.93. The van der Waals surface area contributed by atoms with E-state index in [0.717, 1.165) is 0 Å². The van der Waals surface area contributed by atoms with Crippen molar-refractivity contribution in [2.24, 2.45) is 0 Å². The van der Waals surface area contributed by atoms with Gasteiger partial charge < -0.3 is 9.88 Å². The summed E-state index contributed by atoms with van der Waals surface area (Å²) in [7, 11) is 1.50. The molecular formula is C14H19FN2O2. The first-order valence-corrected chi connectivity index (χ1v) is 6.56. The molecule has 1 N–H and O–H groups in total. The van der Waals surface area contributed by atoms with Crippen molar-refractivity contribution in [3.8, 4) is 0 Å². The van der Waals surface area contributed by atoms with Gasteiger partial charge in [0.05, 0.1) is 0 Å². The molecule has 1 amide bonds. The zero-order valence-electron chi connectivity index (χ0n) is 11.3. The lowest BCUT2D eigenvalue weighted by molar-refractivity contribution is 0.0957. The topological polar surface area (TPSA) is 51.1 Å². The molecule has 0 aliphatic heterocycles. The molecule has 0 saturated heterocycles. The fourth-order valence-electron chi connectivity index (χ4n) is 2.67. The Bertz CT molecular complexity index is 530. The Morgan fingerprint density at radius 2 is 2.11 bits per heavy atom. The van der Waals surface area contributed by atoms with Crippen molar-refractivity contribution in [2.45, 2.75) is 44.3 Å². The lowest BCUT2D eigenvalue weighted by Gasteiger charge is -2.37. The van der Waals surface area contributed by atoms with E-state index in [4.69, 9.17) is 0 Å². The number of nitrogens with one attached hydrogen (secondary N) is 1. The van der Waals surface area contributed by atoms with Gasteiger partial charge in [0.1, 0.15) is 11.7 Å². The summed E-state index contributed by atoms with van der Waals surface area (Å²) >= 11 is 0. The van der Waals surface area contributed by atoms with Gasteiger partial charge in [-0.1, -0.05) is 0 Å². The van der Waals surface area contributed by atoms with Crippen LogP contribution in [0.5, 0.6) is 0 Å². The molecule has 0 unspecified atom stereocenters. The van der Waals surface area contributed by atoms with Crippen molar-refractivity contribution in [2.75, 3.05) is 7.05 Å². The first-order valence-electron chi connectivity index (χ1n) is 6.56. The predicted molar refractivity (Wildman–Crippen MR) is 71.1 cm³/mol. The second-order valence-corrected chi connectivity index (χ2v) is 5.35. The molecule has 1 fully saturated rings. The lowest BCUT2D eigenvalue weighted by atomic mass is 9.82. The number of rotatable bonds is 2. The number of alkyl halides is 1. The van der Waals surface area contributed by atoms with Crippen LogP contribution in [0.4, 0.5) is 4.39 Å². The zero-order valence-corrected chi connectivity index (χ0v) is 11.3. The molecule has 1 aromatic rings. The van der Waals surface area contributed by atoms with Gasteiger partial charge in [0.15, 0.2) is 0 Å². The summed E-state index contributed by atoms with van der Waals surface area (Å²) < 4.78 is 14.8. The predicted octanol–water partition coefficient (Wildman–Crippen LogP) is 1.84. The van der Waals surface area contributed by atoms with E-state index in [0.29, 0.717) is 25.7 Å². The minimum Gasteiger partial charge on any atom is -0.355 e. The fraction of sp³-hybridized carbons (Fsp3) is 0.571. The quantitative estimate of drug-likeness (QED) is 0.888. The summed E-state index contributed by atoms with van der Waals surface area (Å²) in [5, 5.41) is 2.46. The largest absolute Gasteiger partial charge is 0.355 e. The maximum absolute atomic E-state index is 13.3. The van der Waals surface area contributed by atoms with Gasteiger partial charge in [-0.3, -0.25) is 9.59 Å². The lowest BCUT2D eigenvalue weighted by Crippen LogP contribution is -2.43. The van der Waals surface area contributed by atoms with Crippen LogP contribution >= 0.6 is 0 Å². The van der Waals surface area contributed by atoms with E-state index in [1.165, 1.54) is 13.1 Å². The fourth-order valence-corrected chi connectivity index (χ4v) is 2.67. The van der Waals surface area contributed by atoms with Crippen LogP contribution < -0.4 is 10.9 Å². The molecule has 1 aromatic heterocycles. The Kier molecular flexibility index (Phi) is 3.73. The Hall–Kier alpha value is -1.65. The van der Waals surface area contributed by atoms with Crippen molar-refractivity contribution in [3.05, 3.63) is 34.2 Å². The molecule has 0 spiro atoms. The van der Waals surface area contributed by atoms with E-state index < -0.39 is 11.7 Å². The molecule has 4 nitrogen and oxygen atoms in total.